The van der Waals surface area contributed by atoms with Gasteiger partial charge in [0.15, 0.2) is 0 Å². The molecule has 1 aliphatic rings. The summed E-state index contributed by atoms with van der Waals surface area (Å²) >= 11 is 0. The summed E-state index contributed by atoms with van der Waals surface area (Å²) in [6.45, 7) is 5.12. The van der Waals surface area contributed by atoms with Crippen LogP contribution in [0.2, 0.25) is 0 Å². The molecule has 2 rings (SSSR count). The molecule has 2 heterocycles. The minimum absolute atomic E-state index is 0.0438. The maximum absolute atomic E-state index is 12.7. The van der Waals surface area contributed by atoms with Crippen LogP contribution in [0.1, 0.15) is 20.3 Å². The number of likely N-dealkylation sites (N-methyl/N-ethyl adjacent to an activating group) is 1. The number of rotatable bonds is 4. The van der Waals surface area contributed by atoms with E-state index in [0.29, 0.717) is 26.1 Å². The molecule has 1 unspecified atom stereocenters. The molecule has 0 aromatic carbocycles. The molecule has 0 spiro atoms. The molecule has 112 valence electrons. The Balaban J connectivity index is 2.08. The lowest BCUT2D eigenvalue weighted by Gasteiger charge is -2.31. The zero-order valence-electron chi connectivity index (χ0n) is 12.6. The van der Waals surface area contributed by atoms with E-state index in [-0.39, 0.29) is 5.91 Å². The van der Waals surface area contributed by atoms with Crippen molar-refractivity contribution in [2.75, 3.05) is 33.7 Å². The van der Waals surface area contributed by atoms with E-state index in [1.807, 2.05) is 32.8 Å². The number of hydrogen-bond donors (Lipinski definition) is 1. The number of amides is 1. The van der Waals surface area contributed by atoms with Gasteiger partial charge in [-0.3, -0.25) is 4.79 Å². The Morgan fingerprint density at radius 1 is 1.50 bits per heavy atom. The van der Waals surface area contributed by atoms with E-state index in [4.69, 9.17) is 0 Å². The fraction of sp³-hybridized carbons (Fsp3) is 0.769. The number of β-amino-alcohol motifs (C(OH)–C–C–N with tert-alkyl or cyclic N) is 1. The summed E-state index contributed by atoms with van der Waals surface area (Å²) in [6.07, 6.45) is 3.56. The number of carbonyl (C=O) groups is 1. The molecule has 1 amide bonds. The van der Waals surface area contributed by atoms with E-state index in [0.717, 1.165) is 0 Å². The minimum Gasteiger partial charge on any atom is -0.387 e. The monoisotopic (exact) mass is 281 g/mol. The molecule has 0 saturated carbocycles. The second-order valence-electron chi connectivity index (χ2n) is 6.34. The van der Waals surface area contributed by atoms with Crippen LogP contribution in [0.15, 0.2) is 12.7 Å². The minimum atomic E-state index is -0.822. The summed E-state index contributed by atoms with van der Waals surface area (Å²) < 4.78 is 1.55. The molecule has 1 N–H and O–H groups in total. The molecule has 1 aliphatic heterocycles. The zero-order chi connectivity index (χ0) is 15.0. The third-order valence-corrected chi connectivity index (χ3v) is 3.74. The van der Waals surface area contributed by atoms with Crippen LogP contribution in [-0.4, -0.2) is 74.9 Å². The SMILES string of the molecule is CN(C)CC1(O)CCN(C(=O)C(C)(C)n2cncn2)C1. The lowest BCUT2D eigenvalue weighted by molar-refractivity contribution is -0.139. The van der Waals surface area contributed by atoms with E-state index in [9.17, 15) is 9.90 Å². The zero-order valence-corrected chi connectivity index (χ0v) is 12.6. The standard InChI is InChI=1S/C13H23N5O2/c1-12(2,18-10-14-9-15-18)11(19)17-6-5-13(20,8-17)7-16(3)4/h9-10,20H,5-8H2,1-4H3. The van der Waals surface area contributed by atoms with Crippen LogP contribution in [0.5, 0.6) is 0 Å². The largest absolute Gasteiger partial charge is 0.387 e. The van der Waals surface area contributed by atoms with Gasteiger partial charge in [0.25, 0.3) is 0 Å². The molecule has 7 heteroatoms. The normalized spacial score (nSPS) is 23.6. The van der Waals surface area contributed by atoms with Gasteiger partial charge in [-0.15, -0.1) is 0 Å². The molecule has 1 fully saturated rings. The lowest BCUT2D eigenvalue weighted by Crippen LogP contribution is -2.49. The van der Waals surface area contributed by atoms with Crippen LogP contribution in [-0.2, 0) is 10.3 Å². The Labute approximate surface area is 119 Å². The van der Waals surface area contributed by atoms with Crippen LogP contribution < -0.4 is 0 Å². The fourth-order valence-electron chi connectivity index (χ4n) is 2.73. The molecule has 0 radical (unpaired) electrons. The molecular formula is C13H23N5O2. The van der Waals surface area contributed by atoms with Crippen LogP contribution in [0.3, 0.4) is 0 Å². The average molecular weight is 281 g/mol. The van der Waals surface area contributed by atoms with Gasteiger partial charge in [-0.05, 0) is 34.4 Å². The number of carbonyl (C=O) groups excluding carboxylic acids is 1. The van der Waals surface area contributed by atoms with Gasteiger partial charge in [0.2, 0.25) is 5.91 Å². The summed E-state index contributed by atoms with van der Waals surface area (Å²) in [5, 5.41) is 14.6. The van der Waals surface area contributed by atoms with Crippen molar-refractivity contribution >= 4 is 5.91 Å². The van der Waals surface area contributed by atoms with Crippen molar-refractivity contribution in [1.82, 2.24) is 24.6 Å². The van der Waals surface area contributed by atoms with Gasteiger partial charge in [0.05, 0.1) is 12.1 Å². The van der Waals surface area contributed by atoms with Crippen LogP contribution >= 0.6 is 0 Å². The first-order chi connectivity index (χ1) is 9.24. The molecule has 1 saturated heterocycles. The van der Waals surface area contributed by atoms with Crippen LogP contribution in [0.4, 0.5) is 0 Å². The Kier molecular flexibility index (Phi) is 3.84. The predicted molar refractivity (Wildman–Crippen MR) is 74.0 cm³/mol. The Hall–Kier alpha value is -1.47. The highest BCUT2D eigenvalue weighted by molar-refractivity contribution is 5.84. The van der Waals surface area contributed by atoms with E-state index >= 15 is 0 Å². The number of hydrogen-bond acceptors (Lipinski definition) is 5. The third kappa shape index (κ3) is 2.83. The summed E-state index contributed by atoms with van der Waals surface area (Å²) in [5.74, 6) is -0.0438. The first-order valence-corrected chi connectivity index (χ1v) is 6.76. The third-order valence-electron chi connectivity index (χ3n) is 3.74. The summed E-state index contributed by atoms with van der Waals surface area (Å²) in [5.41, 5.74) is -1.61. The number of likely N-dealkylation sites (tertiary alicyclic amines) is 1. The maximum Gasteiger partial charge on any atom is 0.250 e. The highest BCUT2D eigenvalue weighted by Gasteiger charge is 2.43. The van der Waals surface area contributed by atoms with Crippen molar-refractivity contribution in [3.8, 4) is 0 Å². The van der Waals surface area contributed by atoms with Crippen molar-refractivity contribution in [3.05, 3.63) is 12.7 Å². The molecule has 0 aliphatic carbocycles. The smallest absolute Gasteiger partial charge is 0.250 e. The van der Waals surface area contributed by atoms with Gasteiger partial charge in [0, 0.05) is 13.1 Å². The molecular weight excluding hydrogens is 258 g/mol. The molecule has 1 atom stereocenters. The van der Waals surface area contributed by atoms with Gasteiger partial charge in [-0.25, -0.2) is 9.67 Å². The Bertz CT molecular complexity index is 471. The fourth-order valence-corrected chi connectivity index (χ4v) is 2.73. The van der Waals surface area contributed by atoms with Crippen molar-refractivity contribution in [2.45, 2.75) is 31.4 Å². The summed E-state index contributed by atoms with van der Waals surface area (Å²) in [6, 6.07) is 0. The van der Waals surface area contributed by atoms with Crippen molar-refractivity contribution in [2.24, 2.45) is 0 Å². The van der Waals surface area contributed by atoms with Gasteiger partial charge in [-0.2, -0.15) is 5.10 Å². The summed E-state index contributed by atoms with van der Waals surface area (Å²) in [4.78, 5) is 20.2. The van der Waals surface area contributed by atoms with Gasteiger partial charge < -0.3 is 14.9 Å². The van der Waals surface area contributed by atoms with Crippen LogP contribution in [0, 0.1) is 0 Å². The molecule has 0 bridgehead atoms. The highest BCUT2D eigenvalue weighted by atomic mass is 16.3. The summed E-state index contributed by atoms with van der Waals surface area (Å²) in [7, 11) is 3.84. The lowest BCUT2D eigenvalue weighted by atomic mass is 10.0. The van der Waals surface area contributed by atoms with Gasteiger partial charge in [-0.1, -0.05) is 0 Å². The number of nitrogens with zero attached hydrogens (tertiary/aromatic N) is 5. The van der Waals surface area contributed by atoms with E-state index in [1.54, 1.807) is 15.9 Å². The topological polar surface area (TPSA) is 74.5 Å². The van der Waals surface area contributed by atoms with Crippen molar-refractivity contribution in [3.63, 3.8) is 0 Å². The average Bonchev–Trinajstić information content (AvgIpc) is 2.96. The van der Waals surface area contributed by atoms with Gasteiger partial charge in [0.1, 0.15) is 18.2 Å². The maximum atomic E-state index is 12.7. The second-order valence-corrected chi connectivity index (χ2v) is 6.34. The predicted octanol–water partition coefficient (Wildman–Crippen LogP) is -0.462. The van der Waals surface area contributed by atoms with E-state index < -0.39 is 11.1 Å². The molecule has 1 aromatic heterocycles. The highest BCUT2D eigenvalue weighted by Crippen LogP contribution is 2.26. The molecule has 20 heavy (non-hydrogen) atoms. The van der Waals surface area contributed by atoms with E-state index in [2.05, 4.69) is 10.1 Å². The first-order valence-electron chi connectivity index (χ1n) is 6.76. The second kappa shape index (κ2) is 5.14. The Morgan fingerprint density at radius 3 is 2.75 bits per heavy atom. The quantitative estimate of drug-likeness (QED) is 0.808. The first kappa shape index (κ1) is 14.9. The number of aromatic nitrogens is 3. The van der Waals surface area contributed by atoms with Crippen LogP contribution in [0.25, 0.3) is 0 Å². The molecule has 7 nitrogen and oxygen atoms in total. The van der Waals surface area contributed by atoms with Crippen molar-refractivity contribution in [1.29, 1.82) is 0 Å². The van der Waals surface area contributed by atoms with E-state index in [1.165, 1.54) is 6.33 Å². The van der Waals surface area contributed by atoms with Crippen molar-refractivity contribution < 1.29 is 9.90 Å². The van der Waals surface area contributed by atoms with Gasteiger partial charge >= 0.3 is 0 Å². The number of aliphatic hydroxyl groups is 1. The molecule has 1 aromatic rings. The Morgan fingerprint density at radius 2 is 2.20 bits per heavy atom.